The number of halogens is 3. The smallest absolute Gasteiger partial charge is 0.304 e. The van der Waals surface area contributed by atoms with Gasteiger partial charge < -0.3 is 5.73 Å². The Morgan fingerprint density at radius 2 is 2.00 bits per heavy atom. The van der Waals surface area contributed by atoms with Gasteiger partial charge in [-0.3, -0.25) is 0 Å². The van der Waals surface area contributed by atoms with Gasteiger partial charge in [-0.2, -0.15) is 8.78 Å². The first-order chi connectivity index (χ1) is 4.52. The topological polar surface area (TPSA) is 26.0 Å². The molecule has 1 aliphatic rings. The number of rotatable bonds is 0. The molecule has 0 aromatic heterocycles. The molecule has 0 radical (unpaired) electrons. The van der Waals surface area contributed by atoms with Crippen molar-refractivity contribution in [2.24, 2.45) is 5.73 Å². The fourth-order valence-corrected chi connectivity index (χ4v) is 0.702. The van der Waals surface area contributed by atoms with Crippen molar-refractivity contribution < 1.29 is 13.2 Å². The van der Waals surface area contributed by atoms with Gasteiger partial charge in [-0.1, -0.05) is 0 Å². The second-order valence-corrected chi connectivity index (χ2v) is 2.14. The van der Waals surface area contributed by atoms with Crippen molar-refractivity contribution in [2.45, 2.75) is 12.3 Å². The average Bonchev–Trinajstić information content (AvgIpc) is 1.78. The van der Waals surface area contributed by atoms with Gasteiger partial charge in [-0.15, -0.1) is 0 Å². The molecule has 1 nitrogen and oxygen atoms in total. The van der Waals surface area contributed by atoms with Crippen molar-refractivity contribution in [3.05, 3.63) is 23.7 Å². The summed E-state index contributed by atoms with van der Waals surface area (Å²) >= 11 is 0. The van der Waals surface area contributed by atoms with Crippen LogP contribution in [0.5, 0.6) is 0 Å². The number of hydrogen-bond donors (Lipinski definition) is 1. The molecule has 0 aliphatic heterocycles. The van der Waals surface area contributed by atoms with E-state index in [4.69, 9.17) is 5.73 Å². The zero-order valence-electron chi connectivity index (χ0n) is 5.07. The van der Waals surface area contributed by atoms with Crippen LogP contribution in [0.4, 0.5) is 13.2 Å². The van der Waals surface area contributed by atoms with Crippen LogP contribution in [0.2, 0.25) is 0 Å². The van der Waals surface area contributed by atoms with Crippen LogP contribution in [0.1, 0.15) is 6.42 Å². The Balaban J connectivity index is 2.89. The number of allylic oxidation sites excluding steroid dienone is 4. The molecule has 2 N–H and O–H groups in total. The summed E-state index contributed by atoms with van der Waals surface area (Å²) in [6.45, 7) is 0. The molecule has 0 spiro atoms. The number of alkyl halides is 2. The summed E-state index contributed by atoms with van der Waals surface area (Å²) in [6.07, 6.45) is 1.13. The minimum absolute atomic E-state index is 0.00593. The van der Waals surface area contributed by atoms with Gasteiger partial charge in [0, 0.05) is 5.70 Å². The van der Waals surface area contributed by atoms with Gasteiger partial charge in [-0.25, -0.2) is 4.39 Å². The lowest BCUT2D eigenvalue weighted by Gasteiger charge is -2.16. The van der Waals surface area contributed by atoms with Crippen LogP contribution in [0.15, 0.2) is 23.7 Å². The molecule has 0 saturated heterocycles. The van der Waals surface area contributed by atoms with E-state index >= 15 is 0 Å². The summed E-state index contributed by atoms with van der Waals surface area (Å²) in [7, 11) is 0. The van der Waals surface area contributed by atoms with Gasteiger partial charge >= 0.3 is 5.92 Å². The molecule has 0 fully saturated rings. The summed E-state index contributed by atoms with van der Waals surface area (Å²) in [5.41, 5.74) is 5.05. The van der Waals surface area contributed by atoms with Crippen LogP contribution in [0.3, 0.4) is 0 Å². The molecule has 0 bridgehead atoms. The summed E-state index contributed by atoms with van der Waals surface area (Å²) in [5.74, 6) is -4.81. The lowest BCUT2D eigenvalue weighted by molar-refractivity contribution is 0.0168. The predicted molar refractivity (Wildman–Crippen MR) is 31.0 cm³/mol. The lowest BCUT2D eigenvalue weighted by atomic mass is 10.1. The van der Waals surface area contributed by atoms with Crippen molar-refractivity contribution in [1.82, 2.24) is 0 Å². The van der Waals surface area contributed by atoms with Crippen LogP contribution >= 0.6 is 0 Å². The van der Waals surface area contributed by atoms with E-state index in [1.165, 1.54) is 0 Å². The first-order valence-electron chi connectivity index (χ1n) is 2.72. The van der Waals surface area contributed by atoms with Crippen molar-refractivity contribution >= 4 is 0 Å². The molecule has 0 heterocycles. The maximum Gasteiger partial charge on any atom is 0.304 e. The molecule has 0 saturated carbocycles. The normalized spacial score (nSPS) is 23.5. The van der Waals surface area contributed by atoms with E-state index in [1.54, 1.807) is 0 Å². The van der Waals surface area contributed by atoms with E-state index in [1.807, 2.05) is 0 Å². The van der Waals surface area contributed by atoms with Crippen LogP contribution in [-0.4, -0.2) is 5.92 Å². The largest absolute Gasteiger partial charge is 0.402 e. The highest BCUT2D eigenvalue weighted by atomic mass is 19.3. The third kappa shape index (κ3) is 1.15. The quantitative estimate of drug-likeness (QED) is 0.557. The highest BCUT2D eigenvalue weighted by molar-refractivity contribution is 5.24. The van der Waals surface area contributed by atoms with Gasteiger partial charge in [0.1, 0.15) is 0 Å². The molecule has 56 valence electrons. The van der Waals surface area contributed by atoms with E-state index in [9.17, 15) is 13.2 Å². The molecule has 1 aliphatic carbocycles. The van der Waals surface area contributed by atoms with Gasteiger partial charge in [0.2, 0.25) is 0 Å². The van der Waals surface area contributed by atoms with Gasteiger partial charge in [0.15, 0.2) is 5.83 Å². The highest BCUT2D eigenvalue weighted by Gasteiger charge is 2.37. The summed E-state index contributed by atoms with van der Waals surface area (Å²) in [5, 5.41) is 0. The minimum atomic E-state index is -3.39. The van der Waals surface area contributed by atoms with Gasteiger partial charge in [0.25, 0.3) is 0 Å². The SMILES string of the molecule is NC1=CC=C(F)C(F)(F)C1. The minimum Gasteiger partial charge on any atom is -0.402 e. The molecular formula is C6H6F3N. The zero-order chi connectivity index (χ0) is 7.78. The molecule has 0 aromatic carbocycles. The lowest BCUT2D eigenvalue weighted by Crippen LogP contribution is -2.22. The van der Waals surface area contributed by atoms with E-state index in [0.717, 1.165) is 6.08 Å². The zero-order valence-corrected chi connectivity index (χ0v) is 5.07. The average molecular weight is 149 g/mol. The molecule has 0 atom stereocenters. The van der Waals surface area contributed by atoms with Gasteiger partial charge in [-0.05, 0) is 12.2 Å². The number of hydrogen-bond acceptors (Lipinski definition) is 1. The second-order valence-electron chi connectivity index (χ2n) is 2.14. The Bertz CT molecular complexity index is 205. The van der Waals surface area contributed by atoms with E-state index in [0.29, 0.717) is 6.08 Å². The molecule has 0 aromatic rings. The molecule has 4 heteroatoms. The molecule has 0 amide bonds. The highest BCUT2D eigenvalue weighted by Crippen LogP contribution is 2.33. The monoisotopic (exact) mass is 149 g/mol. The maximum absolute atomic E-state index is 12.3. The van der Waals surface area contributed by atoms with E-state index in [-0.39, 0.29) is 5.70 Å². The number of nitrogens with two attached hydrogens (primary N) is 1. The van der Waals surface area contributed by atoms with E-state index in [2.05, 4.69) is 0 Å². The third-order valence-corrected chi connectivity index (χ3v) is 1.22. The fourth-order valence-electron chi connectivity index (χ4n) is 0.702. The Kier molecular flexibility index (Phi) is 1.46. The van der Waals surface area contributed by atoms with Crippen LogP contribution in [0, 0.1) is 0 Å². The van der Waals surface area contributed by atoms with Crippen molar-refractivity contribution in [1.29, 1.82) is 0 Å². The van der Waals surface area contributed by atoms with Gasteiger partial charge in [0.05, 0.1) is 6.42 Å². The maximum atomic E-state index is 12.3. The molecule has 10 heavy (non-hydrogen) atoms. The van der Waals surface area contributed by atoms with Crippen molar-refractivity contribution in [2.75, 3.05) is 0 Å². The van der Waals surface area contributed by atoms with E-state index < -0.39 is 18.2 Å². The third-order valence-electron chi connectivity index (χ3n) is 1.22. The second kappa shape index (κ2) is 2.04. The van der Waals surface area contributed by atoms with Crippen LogP contribution < -0.4 is 5.73 Å². The Hall–Kier alpha value is -0.930. The molecule has 1 rings (SSSR count). The summed E-state index contributed by atoms with van der Waals surface area (Å²) < 4.78 is 36.7. The summed E-state index contributed by atoms with van der Waals surface area (Å²) in [6, 6.07) is 0. The van der Waals surface area contributed by atoms with Crippen molar-refractivity contribution in [3.63, 3.8) is 0 Å². The first kappa shape index (κ1) is 7.18. The Morgan fingerprint density at radius 3 is 2.40 bits per heavy atom. The van der Waals surface area contributed by atoms with Crippen molar-refractivity contribution in [3.8, 4) is 0 Å². The van der Waals surface area contributed by atoms with Crippen LogP contribution in [-0.2, 0) is 0 Å². The Morgan fingerprint density at radius 1 is 1.40 bits per heavy atom. The predicted octanol–water partition coefficient (Wildman–Crippen LogP) is 1.72. The molecule has 0 unspecified atom stereocenters. The Labute approximate surface area is 56.0 Å². The first-order valence-corrected chi connectivity index (χ1v) is 2.72. The molecular weight excluding hydrogens is 143 g/mol. The standard InChI is InChI=1S/C6H6F3N/c7-5-2-1-4(10)3-6(5,8)9/h1-2H,3,10H2. The summed E-state index contributed by atoms with van der Waals surface area (Å²) in [4.78, 5) is 0. The van der Waals surface area contributed by atoms with Crippen LogP contribution in [0.25, 0.3) is 0 Å². The fraction of sp³-hybridized carbons (Fsp3) is 0.333.